The molecule has 0 spiro atoms. The van der Waals surface area contributed by atoms with Crippen molar-refractivity contribution in [2.45, 2.75) is 52.6 Å². The molecule has 0 fully saturated rings. The van der Waals surface area contributed by atoms with Crippen LogP contribution in [0.2, 0.25) is 5.02 Å². The zero-order valence-corrected chi connectivity index (χ0v) is 14.9. The summed E-state index contributed by atoms with van der Waals surface area (Å²) in [4.78, 5) is 14.3. The molecule has 0 saturated carbocycles. The van der Waals surface area contributed by atoms with Crippen LogP contribution in [0.3, 0.4) is 0 Å². The SMILES string of the molecule is CC=C1C2=C(CCCC2)C(=O)N1c1cc(OC(C)C)c(Cl)cc1F. The maximum Gasteiger partial charge on any atom is 0.259 e. The number of allylic oxidation sites excluding steroid dienone is 2. The smallest absolute Gasteiger partial charge is 0.259 e. The number of anilines is 1. The van der Waals surface area contributed by atoms with Gasteiger partial charge >= 0.3 is 0 Å². The highest BCUT2D eigenvalue weighted by Crippen LogP contribution is 2.43. The normalized spacial score (nSPS) is 19.5. The lowest BCUT2D eigenvalue weighted by Crippen LogP contribution is -2.26. The van der Waals surface area contributed by atoms with Gasteiger partial charge in [-0.15, -0.1) is 0 Å². The molecular formula is C19H21ClFNO2. The molecule has 0 aromatic heterocycles. The third-order valence-corrected chi connectivity index (χ3v) is 4.65. The van der Waals surface area contributed by atoms with Crippen LogP contribution in [0, 0.1) is 5.82 Å². The summed E-state index contributed by atoms with van der Waals surface area (Å²) in [6, 6.07) is 2.74. The molecule has 1 aliphatic heterocycles. The van der Waals surface area contributed by atoms with Gasteiger partial charge in [0, 0.05) is 17.3 Å². The van der Waals surface area contributed by atoms with Crippen LogP contribution < -0.4 is 9.64 Å². The fraction of sp³-hybridized carbons (Fsp3) is 0.421. The van der Waals surface area contributed by atoms with Crippen LogP contribution in [0.1, 0.15) is 46.5 Å². The minimum atomic E-state index is -0.524. The van der Waals surface area contributed by atoms with E-state index in [2.05, 4.69) is 0 Å². The Bertz CT molecular complexity index is 752. The van der Waals surface area contributed by atoms with E-state index in [0.717, 1.165) is 42.5 Å². The number of carbonyl (C=O) groups excluding carboxylic acids is 1. The minimum Gasteiger partial charge on any atom is -0.489 e. The Labute approximate surface area is 146 Å². The molecule has 0 radical (unpaired) electrons. The summed E-state index contributed by atoms with van der Waals surface area (Å²) in [7, 11) is 0. The fourth-order valence-electron chi connectivity index (χ4n) is 3.38. The van der Waals surface area contributed by atoms with Crippen molar-refractivity contribution in [2.75, 3.05) is 4.90 Å². The van der Waals surface area contributed by atoms with Crippen molar-refractivity contribution in [1.29, 1.82) is 0 Å². The summed E-state index contributed by atoms with van der Waals surface area (Å²) < 4.78 is 20.3. The van der Waals surface area contributed by atoms with Gasteiger partial charge in [0.05, 0.1) is 16.8 Å². The Morgan fingerprint density at radius 3 is 2.54 bits per heavy atom. The zero-order valence-electron chi connectivity index (χ0n) is 14.2. The lowest BCUT2D eigenvalue weighted by molar-refractivity contribution is -0.114. The van der Waals surface area contributed by atoms with E-state index in [1.165, 1.54) is 17.0 Å². The Hall–Kier alpha value is -1.81. The van der Waals surface area contributed by atoms with Crippen LogP contribution in [0.25, 0.3) is 0 Å². The summed E-state index contributed by atoms with van der Waals surface area (Å²) in [6.45, 7) is 5.62. The van der Waals surface area contributed by atoms with Gasteiger partial charge in [-0.1, -0.05) is 17.7 Å². The maximum absolute atomic E-state index is 14.6. The van der Waals surface area contributed by atoms with E-state index < -0.39 is 5.82 Å². The largest absolute Gasteiger partial charge is 0.489 e. The van der Waals surface area contributed by atoms with Gasteiger partial charge in [-0.2, -0.15) is 0 Å². The first-order valence-corrected chi connectivity index (χ1v) is 8.70. The number of nitrogens with zero attached hydrogens (tertiary/aromatic N) is 1. The first-order chi connectivity index (χ1) is 11.4. The van der Waals surface area contributed by atoms with Crippen LogP contribution in [0.5, 0.6) is 5.75 Å². The number of hydrogen-bond acceptors (Lipinski definition) is 2. The third-order valence-electron chi connectivity index (χ3n) is 4.36. The second-order valence-corrected chi connectivity index (χ2v) is 6.79. The molecule has 2 aliphatic rings. The minimum absolute atomic E-state index is 0.0948. The molecule has 5 heteroatoms. The predicted octanol–water partition coefficient (Wildman–Crippen LogP) is 5.39. The second-order valence-electron chi connectivity index (χ2n) is 6.38. The highest BCUT2D eigenvalue weighted by Gasteiger charge is 2.37. The van der Waals surface area contributed by atoms with E-state index in [-0.39, 0.29) is 22.7 Å². The van der Waals surface area contributed by atoms with Crippen LogP contribution in [-0.4, -0.2) is 12.0 Å². The van der Waals surface area contributed by atoms with Crippen molar-refractivity contribution < 1.29 is 13.9 Å². The van der Waals surface area contributed by atoms with E-state index in [1.54, 1.807) is 0 Å². The standard InChI is InChI=1S/C19H21ClFNO2/c1-4-16-12-7-5-6-8-13(12)19(23)22(16)17-10-18(24-11(2)3)14(20)9-15(17)21/h4,9-11H,5-8H2,1-3H3. The van der Waals surface area contributed by atoms with E-state index >= 15 is 0 Å². The van der Waals surface area contributed by atoms with Crippen LogP contribution in [0.4, 0.5) is 10.1 Å². The summed E-state index contributed by atoms with van der Waals surface area (Å²) in [5, 5.41) is 0.205. The zero-order chi connectivity index (χ0) is 17.4. The van der Waals surface area contributed by atoms with Gasteiger partial charge in [0.25, 0.3) is 5.91 Å². The molecule has 128 valence electrons. The Morgan fingerprint density at radius 2 is 1.92 bits per heavy atom. The molecule has 24 heavy (non-hydrogen) atoms. The van der Waals surface area contributed by atoms with E-state index in [4.69, 9.17) is 16.3 Å². The molecule has 0 N–H and O–H groups in total. The lowest BCUT2D eigenvalue weighted by atomic mass is 9.92. The summed E-state index contributed by atoms with van der Waals surface area (Å²) in [5.74, 6) is -0.269. The van der Waals surface area contributed by atoms with E-state index in [0.29, 0.717) is 5.75 Å². The highest BCUT2D eigenvalue weighted by atomic mass is 35.5. The molecule has 1 aromatic rings. The number of carbonyl (C=O) groups is 1. The van der Waals surface area contributed by atoms with Crippen molar-refractivity contribution in [3.8, 4) is 5.75 Å². The molecule has 1 aromatic carbocycles. The van der Waals surface area contributed by atoms with Crippen LogP contribution >= 0.6 is 11.6 Å². The van der Waals surface area contributed by atoms with Gasteiger partial charge in [0.1, 0.15) is 11.6 Å². The first-order valence-electron chi connectivity index (χ1n) is 8.33. The molecule has 0 atom stereocenters. The van der Waals surface area contributed by atoms with Gasteiger partial charge < -0.3 is 4.74 Å². The van der Waals surface area contributed by atoms with Crippen molar-refractivity contribution >= 4 is 23.2 Å². The molecule has 0 unspecified atom stereocenters. The van der Waals surface area contributed by atoms with E-state index in [9.17, 15) is 9.18 Å². The fourth-order valence-corrected chi connectivity index (χ4v) is 3.57. The number of rotatable bonds is 3. The Morgan fingerprint density at radius 1 is 1.25 bits per heavy atom. The molecule has 0 bridgehead atoms. The molecular weight excluding hydrogens is 329 g/mol. The van der Waals surface area contributed by atoms with Crippen molar-refractivity contribution in [3.63, 3.8) is 0 Å². The first kappa shape index (κ1) is 17.0. The number of amides is 1. The monoisotopic (exact) mass is 349 g/mol. The third kappa shape index (κ3) is 2.84. The topological polar surface area (TPSA) is 29.5 Å². The van der Waals surface area contributed by atoms with Gasteiger partial charge in [0.15, 0.2) is 0 Å². The maximum atomic E-state index is 14.6. The second kappa shape index (κ2) is 6.60. The summed E-state index contributed by atoms with van der Waals surface area (Å²) >= 11 is 6.09. The van der Waals surface area contributed by atoms with Crippen molar-refractivity contribution in [3.05, 3.63) is 45.9 Å². The quantitative estimate of drug-likeness (QED) is 0.732. The average Bonchev–Trinajstić information content (AvgIpc) is 2.82. The van der Waals surface area contributed by atoms with Crippen LogP contribution in [-0.2, 0) is 4.79 Å². The molecule has 3 nitrogen and oxygen atoms in total. The molecule has 1 amide bonds. The number of hydrogen-bond donors (Lipinski definition) is 0. The van der Waals surface area contributed by atoms with Gasteiger partial charge in [-0.25, -0.2) is 4.39 Å². The van der Waals surface area contributed by atoms with Crippen LogP contribution in [0.15, 0.2) is 35.1 Å². The molecule has 3 rings (SSSR count). The molecule has 1 heterocycles. The van der Waals surface area contributed by atoms with Gasteiger partial charge in [-0.3, -0.25) is 9.69 Å². The molecule has 1 aliphatic carbocycles. The van der Waals surface area contributed by atoms with E-state index in [1.807, 2.05) is 26.8 Å². The molecule has 0 saturated heterocycles. The number of ether oxygens (including phenoxy) is 1. The highest BCUT2D eigenvalue weighted by molar-refractivity contribution is 6.32. The Balaban J connectivity index is 2.07. The Kier molecular flexibility index (Phi) is 4.68. The van der Waals surface area contributed by atoms with Gasteiger partial charge in [0.2, 0.25) is 0 Å². The van der Waals surface area contributed by atoms with Crippen molar-refractivity contribution in [2.24, 2.45) is 0 Å². The summed E-state index contributed by atoms with van der Waals surface area (Å²) in [5.41, 5.74) is 2.85. The summed E-state index contributed by atoms with van der Waals surface area (Å²) in [6.07, 6.45) is 5.46. The van der Waals surface area contributed by atoms with Gasteiger partial charge in [-0.05, 0) is 58.1 Å². The number of halogens is 2. The predicted molar refractivity (Wildman–Crippen MR) is 93.9 cm³/mol. The van der Waals surface area contributed by atoms with Crippen molar-refractivity contribution in [1.82, 2.24) is 0 Å². The lowest BCUT2D eigenvalue weighted by Gasteiger charge is -2.22. The number of benzene rings is 1. The average molecular weight is 350 g/mol.